The number of hydrogen-bond acceptors (Lipinski definition) is 6. The molecule has 0 aromatic heterocycles. The third-order valence-electron chi connectivity index (χ3n) is 8.05. The van der Waals surface area contributed by atoms with Gasteiger partial charge in [0.05, 0.1) is 11.2 Å². The van der Waals surface area contributed by atoms with E-state index in [0.29, 0.717) is 25.9 Å². The number of carbonyl (C=O) groups excluding carboxylic acids is 2. The molecule has 2 heterocycles. The van der Waals surface area contributed by atoms with Crippen molar-refractivity contribution >= 4 is 22.0 Å². The summed E-state index contributed by atoms with van der Waals surface area (Å²) in [6.07, 6.45) is 2.07. The third-order valence-corrected chi connectivity index (χ3v) is 10.1. The van der Waals surface area contributed by atoms with Crippen molar-refractivity contribution in [3.8, 4) is 0 Å². The molecule has 5 fully saturated rings. The van der Waals surface area contributed by atoms with Crippen LogP contribution in [0.15, 0.2) is 0 Å². The fraction of sp³-hybridized carbons (Fsp3) is 0.905. The summed E-state index contributed by atoms with van der Waals surface area (Å²) in [4.78, 5) is 29.4. The van der Waals surface area contributed by atoms with Gasteiger partial charge >= 0.3 is 6.03 Å². The smallest absolute Gasteiger partial charge is 0.320 e. The Morgan fingerprint density at radius 1 is 1.18 bits per heavy atom. The van der Waals surface area contributed by atoms with E-state index in [0.717, 1.165) is 12.8 Å². The quantitative estimate of drug-likeness (QED) is 0.553. The summed E-state index contributed by atoms with van der Waals surface area (Å²) >= 11 is 0. The number of hydrogen-bond donors (Lipinski definition) is 2. The van der Waals surface area contributed by atoms with Crippen LogP contribution in [0.3, 0.4) is 0 Å². The Bertz CT molecular complexity index is 943. The second kappa shape index (κ2) is 7.82. The van der Waals surface area contributed by atoms with Gasteiger partial charge in [0.2, 0.25) is 15.9 Å². The van der Waals surface area contributed by atoms with Crippen molar-refractivity contribution in [2.45, 2.75) is 68.2 Å². The zero-order chi connectivity index (χ0) is 23.8. The van der Waals surface area contributed by atoms with Gasteiger partial charge in [0.15, 0.2) is 0 Å². The van der Waals surface area contributed by atoms with Crippen molar-refractivity contribution in [1.82, 2.24) is 25.0 Å². The molecule has 2 aliphatic heterocycles. The summed E-state index contributed by atoms with van der Waals surface area (Å²) in [5.41, 5.74) is 2.74. The molecule has 5 unspecified atom stereocenters. The number of imide groups is 1. The maximum atomic E-state index is 13.7. The van der Waals surface area contributed by atoms with Gasteiger partial charge in [-0.15, -0.1) is 0 Å². The van der Waals surface area contributed by atoms with Crippen LogP contribution < -0.4 is 10.1 Å². The largest absolute Gasteiger partial charge is 0.326 e. The first-order chi connectivity index (χ1) is 15.4. The van der Waals surface area contributed by atoms with Crippen molar-refractivity contribution in [3.05, 3.63) is 0 Å². The summed E-state index contributed by atoms with van der Waals surface area (Å²) < 4.78 is 56.2. The van der Waals surface area contributed by atoms with Crippen LogP contribution in [0.1, 0.15) is 45.4 Å². The summed E-state index contributed by atoms with van der Waals surface area (Å²) in [6, 6.07) is -1.03. The number of amides is 3. The molecule has 2 N–H and O–H groups in total. The molecule has 5 rings (SSSR count). The van der Waals surface area contributed by atoms with Gasteiger partial charge in [-0.2, -0.15) is 0 Å². The maximum absolute atomic E-state index is 13.7. The highest BCUT2D eigenvalue weighted by molar-refractivity contribution is 7.90. The van der Waals surface area contributed by atoms with Crippen LogP contribution in [0.5, 0.6) is 0 Å². The Morgan fingerprint density at radius 2 is 1.88 bits per heavy atom. The van der Waals surface area contributed by atoms with E-state index in [2.05, 4.69) is 10.1 Å². The molecule has 3 aliphatic carbocycles. The second-order valence-electron chi connectivity index (χ2n) is 11.0. The van der Waals surface area contributed by atoms with Crippen LogP contribution in [0.4, 0.5) is 13.6 Å². The lowest BCUT2D eigenvalue weighted by atomic mass is 9.80. The average molecular weight is 490 g/mol. The first kappa shape index (κ1) is 23.4. The van der Waals surface area contributed by atoms with Crippen LogP contribution >= 0.6 is 0 Å². The first-order valence-corrected chi connectivity index (χ1v) is 13.4. The Labute approximate surface area is 193 Å². The van der Waals surface area contributed by atoms with Gasteiger partial charge in [-0.05, 0) is 39.0 Å². The number of sulfonamides is 1. The molecule has 9 nitrogen and oxygen atoms in total. The highest BCUT2D eigenvalue weighted by Crippen LogP contribution is 2.50. The van der Waals surface area contributed by atoms with Gasteiger partial charge in [-0.1, -0.05) is 0 Å². The highest BCUT2D eigenvalue weighted by Gasteiger charge is 2.60. The summed E-state index contributed by atoms with van der Waals surface area (Å²) in [6.45, 7) is 3.25. The van der Waals surface area contributed by atoms with E-state index < -0.39 is 50.6 Å². The molecule has 0 spiro atoms. The summed E-state index contributed by atoms with van der Waals surface area (Å²) in [5, 5.41) is 1.17. The van der Waals surface area contributed by atoms with Gasteiger partial charge in [0, 0.05) is 63.1 Å². The molecule has 5 atom stereocenters. The minimum atomic E-state index is -3.62. The minimum absolute atomic E-state index is 0.0308. The highest BCUT2D eigenvalue weighted by atomic mass is 32.2. The van der Waals surface area contributed by atoms with Crippen molar-refractivity contribution in [3.63, 3.8) is 0 Å². The predicted molar refractivity (Wildman–Crippen MR) is 116 cm³/mol. The molecule has 5 aliphatic rings. The monoisotopic (exact) mass is 489 g/mol. The number of rotatable bonds is 7. The molecule has 12 heteroatoms. The van der Waals surface area contributed by atoms with Crippen LogP contribution in [-0.2, 0) is 14.8 Å². The number of alkyl halides is 2. The number of fused-ring (bicyclic) bond motifs is 1. The molecule has 0 aromatic rings. The Hall–Kier alpha value is -1.37. The maximum Gasteiger partial charge on any atom is 0.326 e. The number of carbonyl (C=O) groups is 2. The van der Waals surface area contributed by atoms with Crippen molar-refractivity contribution in [2.75, 3.05) is 33.2 Å². The van der Waals surface area contributed by atoms with E-state index in [1.165, 1.54) is 9.80 Å². The number of urea groups is 1. The molecule has 0 bridgehead atoms. The molecule has 2 saturated heterocycles. The lowest BCUT2D eigenvalue weighted by Gasteiger charge is -2.48. The zero-order valence-corrected chi connectivity index (χ0v) is 19.9. The normalized spacial score (nSPS) is 37.9. The summed E-state index contributed by atoms with van der Waals surface area (Å²) in [7, 11) is -1.74. The van der Waals surface area contributed by atoms with Gasteiger partial charge in [0.1, 0.15) is 0 Å². The van der Waals surface area contributed by atoms with E-state index in [-0.39, 0.29) is 37.8 Å². The Balaban J connectivity index is 1.36. The summed E-state index contributed by atoms with van der Waals surface area (Å²) in [5.74, 6) is -4.69. The van der Waals surface area contributed by atoms with E-state index >= 15 is 0 Å². The van der Waals surface area contributed by atoms with Crippen molar-refractivity contribution in [2.24, 2.45) is 17.8 Å². The van der Waals surface area contributed by atoms with Gasteiger partial charge in [-0.25, -0.2) is 31.7 Å². The SMILES string of the molecule is CN1CC(CN2C(=O)C3CC(S(=O)(=O)NC4(C)CC4)CCC3N(CC3CC3(F)F)C2=O)CN1. The number of halogens is 2. The number of hydrazine groups is 1. The average Bonchev–Trinajstić information content (AvgIpc) is 3.54. The zero-order valence-electron chi connectivity index (χ0n) is 19.1. The molecule has 3 amide bonds. The molecule has 186 valence electrons. The van der Waals surface area contributed by atoms with Crippen LogP contribution in [0, 0.1) is 17.8 Å². The van der Waals surface area contributed by atoms with E-state index in [4.69, 9.17) is 0 Å². The number of nitrogens with zero attached hydrogens (tertiary/aromatic N) is 3. The molecular weight excluding hydrogens is 456 g/mol. The Morgan fingerprint density at radius 3 is 2.45 bits per heavy atom. The van der Waals surface area contributed by atoms with Crippen molar-refractivity contribution < 1.29 is 26.8 Å². The second-order valence-corrected chi connectivity index (χ2v) is 12.9. The van der Waals surface area contributed by atoms with Crippen molar-refractivity contribution in [1.29, 1.82) is 0 Å². The molecule has 33 heavy (non-hydrogen) atoms. The third kappa shape index (κ3) is 4.51. The van der Waals surface area contributed by atoms with E-state index in [1.54, 1.807) is 0 Å². The van der Waals surface area contributed by atoms with E-state index in [9.17, 15) is 26.8 Å². The lowest BCUT2D eigenvalue weighted by molar-refractivity contribution is -0.141. The fourth-order valence-electron chi connectivity index (χ4n) is 5.61. The molecular formula is C21H33F2N5O4S. The predicted octanol–water partition coefficient (Wildman–Crippen LogP) is 0.981. The minimum Gasteiger partial charge on any atom is -0.320 e. The van der Waals surface area contributed by atoms with E-state index in [1.807, 2.05) is 19.0 Å². The molecule has 0 aromatic carbocycles. The first-order valence-electron chi connectivity index (χ1n) is 11.9. The number of nitrogens with one attached hydrogen (secondary N) is 2. The fourth-order valence-corrected chi connectivity index (χ4v) is 7.58. The van der Waals surface area contributed by atoms with Gasteiger partial charge < -0.3 is 4.90 Å². The van der Waals surface area contributed by atoms with Crippen LogP contribution in [-0.4, -0.2) is 91.1 Å². The van der Waals surface area contributed by atoms with Gasteiger partial charge in [-0.3, -0.25) is 15.1 Å². The van der Waals surface area contributed by atoms with Crippen LogP contribution in [0.2, 0.25) is 0 Å². The Kier molecular flexibility index (Phi) is 5.54. The molecule has 3 saturated carbocycles. The molecule has 0 radical (unpaired) electrons. The standard InChI is InChI=1S/C21H33F2N5O4S/c1-20(5-6-20)25-33(31,32)15-3-4-17-16(7-15)18(29)28(11-13-9-24-26(2)10-13)19(30)27(17)12-14-8-21(14,22)23/h13-17,24-25H,3-12H2,1-2H3. The van der Waals surface area contributed by atoms with Gasteiger partial charge in [0.25, 0.3) is 5.92 Å². The lowest BCUT2D eigenvalue weighted by Crippen LogP contribution is -2.65. The topological polar surface area (TPSA) is 102 Å². The van der Waals surface area contributed by atoms with Crippen LogP contribution in [0.25, 0.3) is 0 Å².